The van der Waals surface area contributed by atoms with Crippen molar-refractivity contribution in [2.45, 2.75) is 31.2 Å². The first-order valence-corrected chi connectivity index (χ1v) is 6.06. The van der Waals surface area contributed by atoms with Crippen molar-refractivity contribution in [3.63, 3.8) is 0 Å². The quantitative estimate of drug-likeness (QED) is 0.680. The number of piperidine rings is 1. The lowest BCUT2D eigenvalue weighted by molar-refractivity contribution is 0.0450. The van der Waals surface area contributed by atoms with Crippen LogP contribution in [0, 0.1) is 0 Å². The zero-order chi connectivity index (χ0) is 10.3. The van der Waals surface area contributed by atoms with Gasteiger partial charge in [0.15, 0.2) is 0 Å². The molecule has 2 saturated heterocycles. The Bertz CT molecular complexity index is 349. The summed E-state index contributed by atoms with van der Waals surface area (Å²) in [5, 5.41) is 0.597. The number of pyridine rings is 1. The highest BCUT2D eigenvalue weighted by atomic mass is 35.5. The summed E-state index contributed by atoms with van der Waals surface area (Å²) in [6.45, 7) is 2.58. The number of halogens is 1. The first-order chi connectivity index (χ1) is 7.33. The van der Waals surface area contributed by atoms with Crippen LogP contribution >= 0.6 is 11.6 Å². The van der Waals surface area contributed by atoms with E-state index >= 15 is 0 Å². The number of aromatic nitrogens is 1. The molecule has 1 aromatic rings. The molecule has 0 aliphatic carbocycles. The van der Waals surface area contributed by atoms with Gasteiger partial charge in [0.1, 0.15) is 5.15 Å². The molecule has 0 aromatic carbocycles. The Labute approximate surface area is 95.3 Å². The lowest BCUT2D eigenvalue weighted by Gasteiger charge is -2.47. The van der Waals surface area contributed by atoms with E-state index in [4.69, 9.17) is 11.6 Å². The lowest BCUT2D eigenvalue weighted by atomic mass is 9.81. The first-order valence-electron chi connectivity index (χ1n) is 5.68. The van der Waals surface area contributed by atoms with Crippen LogP contribution in [0.3, 0.4) is 0 Å². The van der Waals surface area contributed by atoms with Gasteiger partial charge in [0.2, 0.25) is 0 Å². The molecule has 0 bridgehead atoms. The van der Waals surface area contributed by atoms with E-state index in [1.807, 2.05) is 12.3 Å². The monoisotopic (exact) mass is 222 g/mol. The van der Waals surface area contributed by atoms with E-state index in [0.717, 1.165) is 6.04 Å². The standard InChI is InChI=1S/C12H15ClN2/c13-12-2-1-10(8-14-12)9-3-5-15-6-4-11(15)7-9/h1-2,8-9,11H,3-7H2. The highest BCUT2D eigenvalue weighted by Crippen LogP contribution is 2.36. The van der Waals surface area contributed by atoms with Crippen molar-refractivity contribution < 1.29 is 0 Å². The molecule has 0 spiro atoms. The average molecular weight is 223 g/mol. The van der Waals surface area contributed by atoms with E-state index in [1.54, 1.807) is 0 Å². The molecule has 0 saturated carbocycles. The summed E-state index contributed by atoms with van der Waals surface area (Å²) in [5.74, 6) is 0.705. The summed E-state index contributed by atoms with van der Waals surface area (Å²) in [4.78, 5) is 6.77. The molecule has 2 fully saturated rings. The van der Waals surface area contributed by atoms with Gasteiger partial charge in [-0.3, -0.25) is 0 Å². The molecule has 3 heteroatoms. The Morgan fingerprint density at radius 3 is 2.73 bits per heavy atom. The van der Waals surface area contributed by atoms with Gasteiger partial charge in [-0.25, -0.2) is 4.98 Å². The summed E-state index contributed by atoms with van der Waals surface area (Å²) in [6, 6.07) is 4.89. The fraction of sp³-hybridized carbons (Fsp3) is 0.583. The molecule has 2 atom stereocenters. The third-order valence-corrected chi connectivity index (χ3v) is 4.03. The SMILES string of the molecule is Clc1ccc(C2CCN3CCC3C2)cn1. The van der Waals surface area contributed by atoms with E-state index in [0.29, 0.717) is 11.1 Å². The largest absolute Gasteiger partial charge is 0.300 e. The van der Waals surface area contributed by atoms with Gasteiger partial charge in [-0.1, -0.05) is 17.7 Å². The van der Waals surface area contributed by atoms with Crippen molar-refractivity contribution in [2.24, 2.45) is 0 Å². The Balaban J connectivity index is 1.74. The smallest absolute Gasteiger partial charge is 0.129 e. The van der Waals surface area contributed by atoms with E-state index in [-0.39, 0.29) is 0 Å². The van der Waals surface area contributed by atoms with Crippen LogP contribution in [-0.4, -0.2) is 29.0 Å². The Morgan fingerprint density at radius 2 is 2.13 bits per heavy atom. The number of fused-ring (bicyclic) bond motifs is 1. The summed E-state index contributed by atoms with van der Waals surface area (Å²) in [6.07, 6.45) is 5.92. The minimum atomic E-state index is 0.597. The van der Waals surface area contributed by atoms with Gasteiger partial charge < -0.3 is 4.90 Å². The second-order valence-corrected chi connectivity index (χ2v) is 5.00. The molecule has 1 aromatic heterocycles. The van der Waals surface area contributed by atoms with Crippen molar-refractivity contribution >= 4 is 11.6 Å². The van der Waals surface area contributed by atoms with Gasteiger partial charge in [-0.15, -0.1) is 0 Å². The van der Waals surface area contributed by atoms with Gasteiger partial charge in [-0.05, 0) is 49.9 Å². The predicted octanol–water partition coefficient (Wildman–Crippen LogP) is 2.69. The molecule has 80 valence electrons. The first kappa shape index (κ1) is 9.61. The summed E-state index contributed by atoms with van der Waals surface area (Å²) in [5.41, 5.74) is 1.37. The molecular weight excluding hydrogens is 208 g/mol. The van der Waals surface area contributed by atoms with Crippen LogP contribution in [0.4, 0.5) is 0 Å². The molecular formula is C12H15ClN2. The maximum atomic E-state index is 5.79. The predicted molar refractivity (Wildman–Crippen MR) is 61.2 cm³/mol. The number of rotatable bonds is 1. The molecule has 0 radical (unpaired) electrons. The molecule has 15 heavy (non-hydrogen) atoms. The zero-order valence-corrected chi connectivity index (χ0v) is 9.45. The van der Waals surface area contributed by atoms with Gasteiger partial charge in [0.25, 0.3) is 0 Å². The normalized spacial score (nSPS) is 30.7. The van der Waals surface area contributed by atoms with E-state index < -0.39 is 0 Å². The number of hydrogen-bond donors (Lipinski definition) is 0. The summed E-state index contributed by atoms with van der Waals surface area (Å²) in [7, 11) is 0. The molecule has 2 aliphatic rings. The topological polar surface area (TPSA) is 16.1 Å². The summed E-state index contributed by atoms with van der Waals surface area (Å²) < 4.78 is 0. The Kier molecular flexibility index (Phi) is 2.41. The molecule has 3 rings (SSSR count). The highest BCUT2D eigenvalue weighted by molar-refractivity contribution is 6.29. The molecule has 0 amide bonds. The lowest BCUT2D eigenvalue weighted by Crippen LogP contribution is -2.51. The molecule has 3 heterocycles. The van der Waals surface area contributed by atoms with Crippen LogP contribution in [0.25, 0.3) is 0 Å². The van der Waals surface area contributed by atoms with Crippen molar-refractivity contribution in [1.82, 2.24) is 9.88 Å². The third kappa shape index (κ3) is 1.77. The molecule has 2 nitrogen and oxygen atoms in total. The molecule has 2 aliphatic heterocycles. The van der Waals surface area contributed by atoms with Gasteiger partial charge in [0.05, 0.1) is 0 Å². The minimum Gasteiger partial charge on any atom is -0.300 e. The van der Waals surface area contributed by atoms with Crippen molar-refractivity contribution in [3.05, 3.63) is 29.0 Å². The van der Waals surface area contributed by atoms with Crippen LogP contribution in [0.2, 0.25) is 5.15 Å². The zero-order valence-electron chi connectivity index (χ0n) is 8.69. The minimum absolute atomic E-state index is 0.597. The average Bonchev–Trinajstić information content (AvgIpc) is 2.22. The van der Waals surface area contributed by atoms with Crippen LogP contribution < -0.4 is 0 Å². The van der Waals surface area contributed by atoms with Gasteiger partial charge in [-0.2, -0.15) is 0 Å². The van der Waals surface area contributed by atoms with Crippen LogP contribution in [0.1, 0.15) is 30.7 Å². The second kappa shape index (κ2) is 3.76. The molecule has 2 unspecified atom stereocenters. The van der Waals surface area contributed by atoms with Crippen molar-refractivity contribution in [3.8, 4) is 0 Å². The fourth-order valence-electron chi connectivity index (χ4n) is 2.75. The highest BCUT2D eigenvalue weighted by Gasteiger charge is 2.34. The van der Waals surface area contributed by atoms with E-state index in [9.17, 15) is 0 Å². The van der Waals surface area contributed by atoms with Crippen LogP contribution in [-0.2, 0) is 0 Å². The van der Waals surface area contributed by atoms with E-state index in [1.165, 1.54) is 37.9 Å². The third-order valence-electron chi connectivity index (χ3n) is 3.81. The van der Waals surface area contributed by atoms with Gasteiger partial charge in [0, 0.05) is 12.2 Å². The Hall–Kier alpha value is -0.600. The number of hydrogen-bond acceptors (Lipinski definition) is 2. The second-order valence-electron chi connectivity index (χ2n) is 4.61. The molecule has 0 N–H and O–H groups in total. The van der Waals surface area contributed by atoms with Gasteiger partial charge >= 0.3 is 0 Å². The van der Waals surface area contributed by atoms with E-state index in [2.05, 4.69) is 16.0 Å². The Morgan fingerprint density at radius 1 is 1.27 bits per heavy atom. The van der Waals surface area contributed by atoms with Crippen LogP contribution in [0.5, 0.6) is 0 Å². The fourth-order valence-corrected chi connectivity index (χ4v) is 2.87. The van der Waals surface area contributed by atoms with Crippen molar-refractivity contribution in [1.29, 1.82) is 0 Å². The van der Waals surface area contributed by atoms with Crippen molar-refractivity contribution in [2.75, 3.05) is 13.1 Å². The van der Waals surface area contributed by atoms with Crippen LogP contribution in [0.15, 0.2) is 18.3 Å². The summed E-state index contributed by atoms with van der Waals surface area (Å²) >= 11 is 5.79. The maximum absolute atomic E-state index is 5.79. The number of nitrogens with zero attached hydrogens (tertiary/aromatic N) is 2. The maximum Gasteiger partial charge on any atom is 0.129 e.